The number of fused-ring (bicyclic) bond motifs is 1. The van der Waals surface area contributed by atoms with E-state index < -0.39 is 0 Å². The molecule has 0 fully saturated rings. The van der Waals surface area contributed by atoms with Gasteiger partial charge in [0.2, 0.25) is 0 Å². The highest BCUT2D eigenvalue weighted by molar-refractivity contribution is 7.18. The number of thiophene rings is 1. The van der Waals surface area contributed by atoms with Crippen molar-refractivity contribution in [3.8, 4) is 0 Å². The van der Waals surface area contributed by atoms with Crippen molar-refractivity contribution >= 4 is 21.6 Å². The maximum absolute atomic E-state index is 12.6. The molecule has 0 saturated carbocycles. The van der Waals surface area contributed by atoms with Crippen molar-refractivity contribution in [3.05, 3.63) is 27.1 Å². The zero-order valence-electron chi connectivity index (χ0n) is 11.8. The second-order valence-electron chi connectivity index (χ2n) is 5.39. The average Bonchev–Trinajstić information content (AvgIpc) is 2.64. The third-order valence-corrected chi connectivity index (χ3v) is 4.58. The Morgan fingerprint density at radius 2 is 2.11 bits per heavy atom. The monoisotopic (exact) mass is 280 g/mol. The molecule has 1 atom stereocenters. The molecule has 1 N–H and O–H groups in total. The molecule has 5 heteroatoms. The number of aromatic nitrogens is 2. The summed E-state index contributed by atoms with van der Waals surface area (Å²) in [6.07, 6.45) is 2.34. The summed E-state index contributed by atoms with van der Waals surface area (Å²) in [5.41, 5.74) is 0.972. The van der Waals surface area contributed by atoms with Gasteiger partial charge in [0.15, 0.2) is 0 Å². The van der Waals surface area contributed by atoms with Crippen molar-refractivity contribution < 1.29 is 5.11 Å². The predicted molar refractivity (Wildman–Crippen MR) is 78.9 cm³/mol. The Bertz CT molecular complexity index is 643. The molecule has 0 bridgehead atoms. The van der Waals surface area contributed by atoms with Gasteiger partial charge in [0.1, 0.15) is 4.83 Å². The van der Waals surface area contributed by atoms with Crippen LogP contribution in [0.5, 0.6) is 0 Å². The summed E-state index contributed by atoms with van der Waals surface area (Å²) in [5, 5.41) is 10.2. The van der Waals surface area contributed by atoms with Crippen LogP contribution in [0.25, 0.3) is 10.2 Å². The molecular formula is C14H20N2O2S. The van der Waals surface area contributed by atoms with Gasteiger partial charge in [-0.25, -0.2) is 4.98 Å². The summed E-state index contributed by atoms with van der Waals surface area (Å²) in [6.45, 7) is 8.09. The predicted octanol–water partition coefficient (Wildman–Crippen LogP) is 2.65. The first-order valence-electron chi connectivity index (χ1n) is 6.53. The average molecular weight is 280 g/mol. The molecule has 2 heterocycles. The van der Waals surface area contributed by atoms with Gasteiger partial charge < -0.3 is 5.11 Å². The number of nitrogens with zero attached hydrogens (tertiary/aromatic N) is 2. The molecule has 0 radical (unpaired) electrons. The Morgan fingerprint density at radius 1 is 1.42 bits per heavy atom. The molecular weight excluding hydrogens is 260 g/mol. The molecule has 4 nitrogen and oxygen atoms in total. The molecule has 0 aliphatic carbocycles. The van der Waals surface area contributed by atoms with E-state index in [1.807, 2.05) is 13.8 Å². The first kappa shape index (κ1) is 14.2. The van der Waals surface area contributed by atoms with Crippen molar-refractivity contribution in [1.29, 1.82) is 0 Å². The lowest BCUT2D eigenvalue weighted by atomic mass is 10.0. The van der Waals surface area contributed by atoms with Gasteiger partial charge in [0.25, 0.3) is 5.56 Å². The first-order valence-corrected chi connectivity index (χ1v) is 7.35. The highest BCUT2D eigenvalue weighted by atomic mass is 32.1. The van der Waals surface area contributed by atoms with Crippen LogP contribution in [0.15, 0.2) is 11.1 Å². The molecule has 0 saturated heterocycles. The van der Waals surface area contributed by atoms with Crippen LogP contribution in [0.3, 0.4) is 0 Å². The van der Waals surface area contributed by atoms with Gasteiger partial charge in [-0.3, -0.25) is 9.36 Å². The third-order valence-electron chi connectivity index (χ3n) is 3.46. The van der Waals surface area contributed by atoms with E-state index in [4.69, 9.17) is 0 Å². The van der Waals surface area contributed by atoms with Gasteiger partial charge in [-0.05, 0) is 31.7 Å². The third kappa shape index (κ3) is 2.58. The number of hydrogen-bond donors (Lipinski definition) is 1. The van der Waals surface area contributed by atoms with Crippen LogP contribution in [-0.4, -0.2) is 21.3 Å². The standard InChI is InChI=1S/C14H20N2O2S/c1-8(2)5-11(6-17)16-7-15-13-12(14(16)18)9(3)10(4)19-13/h7-8,11,17H,5-6H2,1-4H3/t11-/m1/s1. The van der Waals surface area contributed by atoms with E-state index in [0.29, 0.717) is 11.3 Å². The highest BCUT2D eigenvalue weighted by Crippen LogP contribution is 2.26. The fourth-order valence-corrected chi connectivity index (χ4v) is 3.32. The van der Waals surface area contributed by atoms with Crippen LogP contribution < -0.4 is 5.56 Å². The quantitative estimate of drug-likeness (QED) is 0.936. The molecule has 0 aromatic carbocycles. The maximum Gasteiger partial charge on any atom is 0.262 e. The minimum Gasteiger partial charge on any atom is -0.394 e. The van der Waals surface area contributed by atoms with Gasteiger partial charge in [0.05, 0.1) is 24.4 Å². The van der Waals surface area contributed by atoms with Crippen molar-refractivity contribution in [2.45, 2.75) is 40.2 Å². The minimum atomic E-state index is -0.191. The van der Waals surface area contributed by atoms with Crippen LogP contribution in [-0.2, 0) is 0 Å². The topological polar surface area (TPSA) is 55.1 Å². The molecule has 104 valence electrons. The Balaban J connectivity index is 2.58. The zero-order chi connectivity index (χ0) is 14.2. The van der Waals surface area contributed by atoms with Crippen LogP contribution >= 0.6 is 11.3 Å². The molecule has 2 aromatic heterocycles. The second kappa shape index (κ2) is 5.43. The lowest BCUT2D eigenvalue weighted by Gasteiger charge is -2.19. The lowest BCUT2D eigenvalue weighted by Crippen LogP contribution is -2.28. The fraction of sp³-hybridized carbons (Fsp3) is 0.571. The SMILES string of the molecule is Cc1sc2ncn([C@@H](CO)CC(C)C)c(=O)c2c1C. The molecule has 2 aromatic rings. The van der Waals surface area contributed by atoms with E-state index in [1.54, 1.807) is 22.2 Å². The van der Waals surface area contributed by atoms with E-state index in [9.17, 15) is 9.90 Å². The molecule has 0 unspecified atom stereocenters. The van der Waals surface area contributed by atoms with Crippen molar-refractivity contribution in [2.24, 2.45) is 5.92 Å². The number of aliphatic hydroxyl groups is 1. The Kier molecular flexibility index (Phi) is 4.06. The summed E-state index contributed by atoms with van der Waals surface area (Å²) in [6, 6.07) is -0.191. The number of hydrogen-bond acceptors (Lipinski definition) is 4. The van der Waals surface area contributed by atoms with Gasteiger partial charge in [0, 0.05) is 4.88 Å². The lowest BCUT2D eigenvalue weighted by molar-refractivity contribution is 0.205. The van der Waals surface area contributed by atoms with Gasteiger partial charge in [-0.2, -0.15) is 0 Å². The van der Waals surface area contributed by atoms with Crippen LogP contribution in [0, 0.1) is 19.8 Å². The van der Waals surface area contributed by atoms with Gasteiger partial charge in [-0.1, -0.05) is 13.8 Å². The van der Waals surface area contributed by atoms with Crippen molar-refractivity contribution in [3.63, 3.8) is 0 Å². The van der Waals surface area contributed by atoms with Crippen LogP contribution in [0.4, 0.5) is 0 Å². The molecule has 0 aliphatic rings. The van der Waals surface area contributed by atoms with Crippen LogP contribution in [0.1, 0.15) is 36.8 Å². The Hall–Kier alpha value is -1.20. The maximum atomic E-state index is 12.6. The second-order valence-corrected chi connectivity index (χ2v) is 6.59. The van der Waals surface area contributed by atoms with Crippen molar-refractivity contribution in [1.82, 2.24) is 9.55 Å². The van der Waals surface area contributed by atoms with Crippen molar-refractivity contribution in [2.75, 3.05) is 6.61 Å². The largest absolute Gasteiger partial charge is 0.394 e. The summed E-state index contributed by atoms with van der Waals surface area (Å²) in [7, 11) is 0. The minimum absolute atomic E-state index is 0.0343. The first-order chi connectivity index (χ1) is 8.95. The van der Waals surface area contributed by atoms with E-state index >= 15 is 0 Å². The molecule has 0 spiro atoms. The summed E-state index contributed by atoms with van der Waals surface area (Å²) in [5.74, 6) is 0.421. The van der Waals surface area contributed by atoms with E-state index in [2.05, 4.69) is 18.8 Å². The molecule has 0 amide bonds. The number of aryl methyl sites for hydroxylation is 2. The molecule has 0 aliphatic heterocycles. The summed E-state index contributed by atoms with van der Waals surface area (Å²) < 4.78 is 1.58. The highest BCUT2D eigenvalue weighted by Gasteiger charge is 2.18. The van der Waals surface area contributed by atoms with E-state index in [0.717, 1.165) is 21.7 Å². The van der Waals surface area contributed by atoms with Gasteiger partial charge in [-0.15, -0.1) is 11.3 Å². The fourth-order valence-electron chi connectivity index (χ4n) is 2.33. The molecule has 19 heavy (non-hydrogen) atoms. The van der Waals surface area contributed by atoms with Gasteiger partial charge >= 0.3 is 0 Å². The number of rotatable bonds is 4. The number of aliphatic hydroxyl groups excluding tert-OH is 1. The Morgan fingerprint density at radius 3 is 2.68 bits per heavy atom. The zero-order valence-corrected chi connectivity index (χ0v) is 12.6. The van der Waals surface area contributed by atoms with E-state index in [1.165, 1.54) is 0 Å². The summed E-state index contributed by atoms with van der Waals surface area (Å²) >= 11 is 1.55. The molecule has 2 rings (SSSR count). The normalized spacial score (nSPS) is 13.4. The summed E-state index contributed by atoms with van der Waals surface area (Å²) in [4.78, 5) is 18.8. The smallest absolute Gasteiger partial charge is 0.262 e. The Labute approximate surface area is 116 Å². The van der Waals surface area contributed by atoms with E-state index in [-0.39, 0.29) is 18.2 Å². The van der Waals surface area contributed by atoms with Crippen LogP contribution in [0.2, 0.25) is 0 Å².